The highest BCUT2D eigenvalue weighted by Crippen LogP contribution is 2.20. The fourth-order valence-corrected chi connectivity index (χ4v) is 2.13. The Balaban J connectivity index is 2.25. The number of hydrogen-bond acceptors (Lipinski definition) is 3. The molecular formula is C15H19N3. The molecule has 0 saturated heterocycles. The summed E-state index contributed by atoms with van der Waals surface area (Å²) in [4.78, 5) is 0. The van der Waals surface area contributed by atoms with Crippen molar-refractivity contribution in [2.75, 3.05) is 0 Å². The summed E-state index contributed by atoms with van der Waals surface area (Å²) in [6.45, 7) is 6.01. The van der Waals surface area contributed by atoms with Crippen LogP contribution in [-0.4, -0.2) is 10.2 Å². The smallest absolute Gasteiger partial charge is 0.0648 e. The van der Waals surface area contributed by atoms with Crippen LogP contribution in [0.3, 0.4) is 0 Å². The molecule has 3 nitrogen and oxygen atoms in total. The Morgan fingerprint density at radius 2 is 1.83 bits per heavy atom. The number of hydrogen-bond donors (Lipinski definition) is 1. The lowest BCUT2D eigenvalue weighted by Gasteiger charge is -2.15. The highest BCUT2D eigenvalue weighted by atomic mass is 15.1. The van der Waals surface area contributed by atoms with Crippen molar-refractivity contribution in [1.29, 1.82) is 0 Å². The lowest BCUT2D eigenvalue weighted by molar-refractivity contribution is 0.698. The van der Waals surface area contributed by atoms with E-state index in [1.54, 1.807) is 0 Å². The van der Waals surface area contributed by atoms with Gasteiger partial charge in [0, 0.05) is 6.04 Å². The first kappa shape index (κ1) is 12.7. The van der Waals surface area contributed by atoms with E-state index in [2.05, 4.69) is 35.3 Å². The predicted molar refractivity (Wildman–Crippen MR) is 73.3 cm³/mol. The third kappa shape index (κ3) is 2.74. The molecule has 2 rings (SSSR count). The van der Waals surface area contributed by atoms with Gasteiger partial charge in [-0.1, -0.05) is 24.3 Å². The van der Waals surface area contributed by atoms with Crippen molar-refractivity contribution >= 4 is 0 Å². The zero-order valence-electron chi connectivity index (χ0n) is 11.1. The first-order valence-corrected chi connectivity index (χ1v) is 6.19. The summed E-state index contributed by atoms with van der Waals surface area (Å²) < 4.78 is 0. The standard InChI is InChI=1S/C15H19N3/c1-10-6-4-5-7-13(10)9-15(16)14-8-11(2)17-18-12(14)3/h4-8,15H,9,16H2,1-3H3. The first-order chi connectivity index (χ1) is 8.58. The maximum Gasteiger partial charge on any atom is 0.0648 e. The van der Waals surface area contributed by atoms with E-state index in [4.69, 9.17) is 5.73 Å². The van der Waals surface area contributed by atoms with Crippen molar-refractivity contribution in [3.8, 4) is 0 Å². The molecule has 1 heterocycles. The van der Waals surface area contributed by atoms with Crippen LogP contribution in [0.25, 0.3) is 0 Å². The molecule has 0 aliphatic heterocycles. The fourth-order valence-electron chi connectivity index (χ4n) is 2.13. The van der Waals surface area contributed by atoms with Gasteiger partial charge in [-0.15, -0.1) is 0 Å². The van der Waals surface area contributed by atoms with E-state index in [1.165, 1.54) is 11.1 Å². The molecule has 18 heavy (non-hydrogen) atoms. The zero-order valence-corrected chi connectivity index (χ0v) is 11.1. The molecule has 0 aliphatic carbocycles. The van der Waals surface area contributed by atoms with Crippen molar-refractivity contribution in [3.63, 3.8) is 0 Å². The number of aryl methyl sites for hydroxylation is 3. The molecule has 0 amide bonds. The van der Waals surface area contributed by atoms with Crippen LogP contribution >= 0.6 is 0 Å². The molecule has 0 radical (unpaired) electrons. The minimum Gasteiger partial charge on any atom is -0.324 e. The second kappa shape index (κ2) is 5.27. The minimum atomic E-state index is -0.0275. The van der Waals surface area contributed by atoms with E-state index in [1.807, 2.05) is 26.0 Å². The fraction of sp³-hybridized carbons (Fsp3) is 0.333. The quantitative estimate of drug-likeness (QED) is 0.898. The number of nitrogens with two attached hydrogens (primary N) is 1. The average Bonchev–Trinajstić information content (AvgIpc) is 2.35. The van der Waals surface area contributed by atoms with Crippen molar-refractivity contribution in [3.05, 3.63) is 58.4 Å². The van der Waals surface area contributed by atoms with Crippen LogP contribution < -0.4 is 5.73 Å². The summed E-state index contributed by atoms with van der Waals surface area (Å²) in [7, 11) is 0. The monoisotopic (exact) mass is 241 g/mol. The SMILES string of the molecule is Cc1cc(C(N)Cc2ccccc2C)c(C)nn1. The van der Waals surface area contributed by atoms with E-state index >= 15 is 0 Å². The molecule has 94 valence electrons. The van der Waals surface area contributed by atoms with E-state index in [-0.39, 0.29) is 6.04 Å². The van der Waals surface area contributed by atoms with Gasteiger partial charge in [0.1, 0.15) is 0 Å². The van der Waals surface area contributed by atoms with Crippen molar-refractivity contribution in [1.82, 2.24) is 10.2 Å². The van der Waals surface area contributed by atoms with Gasteiger partial charge in [0.05, 0.1) is 11.4 Å². The largest absolute Gasteiger partial charge is 0.324 e. The average molecular weight is 241 g/mol. The van der Waals surface area contributed by atoms with Crippen molar-refractivity contribution < 1.29 is 0 Å². The summed E-state index contributed by atoms with van der Waals surface area (Å²) >= 11 is 0. The van der Waals surface area contributed by atoms with Gasteiger partial charge in [-0.25, -0.2) is 0 Å². The molecule has 2 aromatic rings. The molecule has 1 unspecified atom stereocenters. The number of benzene rings is 1. The first-order valence-electron chi connectivity index (χ1n) is 6.19. The van der Waals surface area contributed by atoms with Crippen LogP contribution in [0.2, 0.25) is 0 Å². The molecule has 1 aromatic heterocycles. The Hall–Kier alpha value is -1.74. The predicted octanol–water partition coefficient (Wildman–Crippen LogP) is 2.64. The van der Waals surface area contributed by atoms with Crippen LogP contribution in [0.4, 0.5) is 0 Å². The van der Waals surface area contributed by atoms with E-state index < -0.39 is 0 Å². The molecule has 0 aliphatic rings. The van der Waals surface area contributed by atoms with Crippen LogP contribution in [0, 0.1) is 20.8 Å². The Morgan fingerprint density at radius 1 is 1.11 bits per heavy atom. The van der Waals surface area contributed by atoms with Crippen LogP contribution in [0.5, 0.6) is 0 Å². The lowest BCUT2D eigenvalue weighted by Crippen LogP contribution is -2.16. The molecule has 1 aromatic carbocycles. The van der Waals surface area contributed by atoms with Gasteiger partial charge in [0.15, 0.2) is 0 Å². The van der Waals surface area contributed by atoms with Crippen LogP contribution in [0.15, 0.2) is 30.3 Å². The summed E-state index contributed by atoms with van der Waals surface area (Å²) in [6, 6.07) is 10.4. The van der Waals surface area contributed by atoms with Gasteiger partial charge in [0.2, 0.25) is 0 Å². The Kier molecular flexibility index (Phi) is 3.72. The highest BCUT2D eigenvalue weighted by Gasteiger charge is 2.12. The number of aromatic nitrogens is 2. The Bertz CT molecular complexity index is 549. The van der Waals surface area contributed by atoms with E-state index in [0.29, 0.717) is 0 Å². The lowest BCUT2D eigenvalue weighted by atomic mass is 9.96. The van der Waals surface area contributed by atoms with Crippen molar-refractivity contribution in [2.24, 2.45) is 5.73 Å². The maximum absolute atomic E-state index is 6.30. The molecule has 2 N–H and O–H groups in total. The topological polar surface area (TPSA) is 51.8 Å². The third-order valence-electron chi connectivity index (χ3n) is 3.24. The Morgan fingerprint density at radius 3 is 2.56 bits per heavy atom. The van der Waals surface area contributed by atoms with Gasteiger partial charge < -0.3 is 5.73 Å². The van der Waals surface area contributed by atoms with Crippen LogP contribution in [-0.2, 0) is 6.42 Å². The van der Waals surface area contributed by atoms with Gasteiger partial charge >= 0.3 is 0 Å². The van der Waals surface area contributed by atoms with E-state index in [9.17, 15) is 0 Å². The summed E-state index contributed by atoms with van der Waals surface area (Å²) in [5.41, 5.74) is 11.8. The van der Waals surface area contributed by atoms with Crippen molar-refractivity contribution in [2.45, 2.75) is 33.2 Å². The molecular weight excluding hydrogens is 222 g/mol. The molecule has 0 saturated carbocycles. The zero-order chi connectivity index (χ0) is 13.1. The van der Waals surface area contributed by atoms with Crippen LogP contribution in [0.1, 0.15) is 34.1 Å². The highest BCUT2D eigenvalue weighted by molar-refractivity contribution is 5.30. The normalized spacial score (nSPS) is 12.4. The second-order valence-corrected chi connectivity index (χ2v) is 4.76. The number of nitrogens with zero attached hydrogens (tertiary/aromatic N) is 2. The van der Waals surface area contributed by atoms with Gasteiger partial charge in [-0.05, 0) is 49.9 Å². The summed E-state index contributed by atoms with van der Waals surface area (Å²) in [5, 5.41) is 8.17. The molecule has 0 bridgehead atoms. The second-order valence-electron chi connectivity index (χ2n) is 4.76. The summed E-state index contributed by atoms with van der Waals surface area (Å²) in [5.74, 6) is 0. The molecule has 0 fully saturated rings. The third-order valence-corrected chi connectivity index (χ3v) is 3.24. The maximum atomic E-state index is 6.30. The Labute approximate surface area is 108 Å². The molecule has 3 heteroatoms. The molecule has 0 spiro atoms. The van der Waals surface area contributed by atoms with Gasteiger partial charge in [-0.3, -0.25) is 0 Å². The summed E-state index contributed by atoms with van der Waals surface area (Å²) in [6.07, 6.45) is 0.832. The minimum absolute atomic E-state index is 0.0275. The van der Waals surface area contributed by atoms with E-state index in [0.717, 1.165) is 23.4 Å². The molecule has 1 atom stereocenters. The van der Waals surface area contributed by atoms with Gasteiger partial charge in [-0.2, -0.15) is 10.2 Å². The number of rotatable bonds is 3. The van der Waals surface area contributed by atoms with Gasteiger partial charge in [0.25, 0.3) is 0 Å².